The van der Waals surface area contributed by atoms with Gasteiger partial charge in [-0.05, 0) is 53.8 Å². The van der Waals surface area contributed by atoms with Gasteiger partial charge in [-0.2, -0.15) is 0 Å². The first-order valence-electron chi connectivity index (χ1n) is 9.27. The molecule has 4 N–H and O–H groups in total. The number of nitrogens with zero attached hydrogens (tertiary/aromatic N) is 1. The number of hydrogen-bond donors (Lipinski definition) is 3. The van der Waals surface area contributed by atoms with E-state index in [1.807, 2.05) is 47.5 Å². The van der Waals surface area contributed by atoms with Gasteiger partial charge in [0.2, 0.25) is 6.41 Å². The molecule has 0 saturated heterocycles. The third-order valence-electron chi connectivity index (χ3n) is 5.17. The molecule has 1 aromatic heterocycles. The summed E-state index contributed by atoms with van der Waals surface area (Å²) in [6, 6.07) is 11.9. The van der Waals surface area contributed by atoms with Gasteiger partial charge >= 0.3 is 0 Å². The maximum absolute atomic E-state index is 12.5. The highest BCUT2D eigenvalue weighted by atomic mass is 16.2. The Labute approximate surface area is 163 Å². The number of H-pyrrole nitrogens is 1. The van der Waals surface area contributed by atoms with Crippen molar-refractivity contribution in [2.45, 2.75) is 25.4 Å². The van der Waals surface area contributed by atoms with Crippen molar-refractivity contribution in [2.24, 2.45) is 5.73 Å². The van der Waals surface area contributed by atoms with E-state index >= 15 is 0 Å². The Hall–Kier alpha value is -3.38. The second-order valence-corrected chi connectivity index (χ2v) is 6.84. The van der Waals surface area contributed by atoms with E-state index in [1.54, 1.807) is 0 Å². The van der Waals surface area contributed by atoms with E-state index in [1.165, 1.54) is 6.08 Å². The first kappa shape index (κ1) is 18.0. The number of benzene rings is 2. The lowest BCUT2D eigenvalue weighted by molar-refractivity contribution is -0.114. The average Bonchev–Trinajstić information content (AvgIpc) is 3.42. The fourth-order valence-corrected chi connectivity index (χ4v) is 3.77. The lowest BCUT2D eigenvalue weighted by Gasteiger charge is -2.25. The van der Waals surface area contributed by atoms with E-state index in [2.05, 4.69) is 16.9 Å². The number of carbonyl (C=O) groups excluding carboxylic acids is 2. The number of fused-ring (bicyclic) bond motifs is 1. The van der Waals surface area contributed by atoms with Crippen molar-refractivity contribution in [1.82, 2.24) is 4.98 Å². The van der Waals surface area contributed by atoms with E-state index in [0.717, 1.165) is 46.1 Å². The van der Waals surface area contributed by atoms with Crippen LogP contribution in [0.5, 0.6) is 0 Å². The molecule has 0 spiro atoms. The Balaban J connectivity index is 1.90. The SMILES string of the molecule is C=CC(=O)N(c1cccc(-c2ccc(NC=O)c3[nH]ccc23)c1CN)C1CC1. The van der Waals surface area contributed by atoms with Crippen LogP contribution in [0.4, 0.5) is 11.4 Å². The third-order valence-corrected chi connectivity index (χ3v) is 5.17. The predicted molar refractivity (Wildman–Crippen MR) is 112 cm³/mol. The van der Waals surface area contributed by atoms with Gasteiger partial charge in [-0.3, -0.25) is 9.59 Å². The van der Waals surface area contributed by atoms with Crippen LogP contribution in [0.15, 0.2) is 55.3 Å². The number of hydrogen-bond acceptors (Lipinski definition) is 3. The molecule has 0 radical (unpaired) electrons. The molecular formula is C22H22N4O2. The second-order valence-electron chi connectivity index (χ2n) is 6.84. The molecule has 6 heteroatoms. The highest BCUT2D eigenvalue weighted by Crippen LogP contribution is 2.40. The minimum absolute atomic E-state index is 0.105. The molecule has 142 valence electrons. The molecule has 3 aromatic rings. The Morgan fingerprint density at radius 1 is 1.25 bits per heavy atom. The average molecular weight is 374 g/mol. The summed E-state index contributed by atoms with van der Waals surface area (Å²) in [5.74, 6) is -0.105. The number of rotatable bonds is 7. The van der Waals surface area contributed by atoms with Gasteiger partial charge in [0, 0.05) is 29.9 Å². The standard InChI is InChI=1S/C22H22N4O2/c1-2-21(28)26(14-6-7-14)20-5-3-4-15(18(20)12-23)16-8-9-19(25-13-27)22-17(16)10-11-24-22/h2-5,8-11,13-14,24H,1,6-7,12,23H2,(H,25,27). The van der Waals surface area contributed by atoms with Crippen LogP contribution in [-0.2, 0) is 16.1 Å². The molecule has 2 amide bonds. The molecule has 1 aliphatic carbocycles. The molecule has 1 saturated carbocycles. The van der Waals surface area contributed by atoms with Crippen LogP contribution in [0.3, 0.4) is 0 Å². The summed E-state index contributed by atoms with van der Waals surface area (Å²) in [6.45, 7) is 3.96. The third kappa shape index (κ3) is 2.97. The molecule has 0 aliphatic heterocycles. The van der Waals surface area contributed by atoms with Crippen LogP contribution >= 0.6 is 0 Å². The van der Waals surface area contributed by atoms with Crippen LogP contribution in [-0.4, -0.2) is 23.3 Å². The molecule has 0 unspecified atom stereocenters. The van der Waals surface area contributed by atoms with E-state index in [-0.39, 0.29) is 11.9 Å². The molecule has 1 aliphatic rings. The van der Waals surface area contributed by atoms with Gasteiger partial charge in [-0.15, -0.1) is 0 Å². The van der Waals surface area contributed by atoms with Crippen molar-refractivity contribution in [2.75, 3.05) is 10.2 Å². The van der Waals surface area contributed by atoms with E-state index in [0.29, 0.717) is 18.6 Å². The van der Waals surface area contributed by atoms with Crippen LogP contribution < -0.4 is 16.0 Å². The first-order valence-corrected chi connectivity index (χ1v) is 9.27. The van der Waals surface area contributed by atoms with Crippen molar-refractivity contribution < 1.29 is 9.59 Å². The van der Waals surface area contributed by atoms with E-state index in [4.69, 9.17) is 5.73 Å². The normalized spacial score (nSPS) is 13.3. The zero-order valence-electron chi connectivity index (χ0n) is 15.4. The van der Waals surface area contributed by atoms with E-state index in [9.17, 15) is 9.59 Å². The minimum atomic E-state index is -0.105. The lowest BCUT2D eigenvalue weighted by Crippen LogP contribution is -2.32. The first-order chi connectivity index (χ1) is 13.7. The molecule has 0 atom stereocenters. The highest BCUT2D eigenvalue weighted by molar-refractivity contribution is 6.06. The largest absolute Gasteiger partial charge is 0.359 e. The number of anilines is 2. The smallest absolute Gasteiger partial charge is 0.250 e. The molecule has 28 heavy (non-hydrogen) atoms. The Morgan fingerprint density at radius 2 is 2.07 bits per heavy atom. The summed E-state index contributed by atoms with van der Waals surface area (Å²) in [5.41, 5.74) is 11.4. The molecule has 1 fully saturated rings. The zero-order valence-corrected chi connectivity index (χ0v) is 15.4. The molecule has 6 nitrogen and oxygen atoms in total. The number of nitrogens with two attached hydrogens (primary N) is 1. The van der Waals surface area contributed by atoms with Crippen molar-refractivity contribution in [1.29, 1.82) is 0 Å². The van der Waals surface area contributed by atoms with Crippen LogP contribution in [0, 0.1) is 0 Å². The van der Waals surface area contributed by atoms with Crippen LogP contribution in [0.2, 0.25) is 0 Å². The number of aromatic amines is 1. The van der Waals surface area contributed by atoms with Gasteiger partial charge in [0.05, 0.1) is 11.2 Å². The number of carbonyl (C=O) groups is 2. The van der Waals surface area contributed by atoms with Crippen LogP contribution in [0.25, 0.3) is 22.0 Å². The quantitative estimate of drug-likeness (QED) is 0.436. The molecule has 0 bridgehead atoms. The summed E-state index contributed by atoms with van der Waals surface area (Å²) in [6.07, 6.45) is 5.84. The summed E-state index contributed by atoms with van der Waals surface area (Å²) in [4.78, 5) is 28.4. The number of amides is 2. The summed E-state index contributed by atoms with van der Waals surface area (Å²) in [7, 11) is 0. The van der Waals surface area contributed by atoms with Gasteiger partial charge < -0.3 is 20.9 Å². The second kappa shape index (κ2) is 7.32. The monoisotopic (exact) mass is 374 g/mol. The van der Waals surface area contributed by atoms with Gasteiger partial charge in [0.25, 0.3) is 5.91 Å². The fourth-order valence-electron chi connectivity index (χ4n) is 3.77. The van der Waals surface area contributed by atoms with Gasteiger partial charge in [-0.25, -0.2) is 0 Å². The number of aromatic nitrogens is 1. The maximum atomic E-state index is 12.5. The molecule has 4 rings (SSSR count). The highest BCUT2D eigenvalue weighted by Gasteiger charge is 2.34. The van der Waals surface area contributed by atoms with Crippen LogP contribution in [0.1, 0.15) is 18.4 Å². The Kier molecular flexibility index (Phi) is 4.71. The summed E-state index contributed by atoms with van der Waals surface area (Å²) >= 11 is 0. The Morgan fingerprint density at radius 3 is 2.75 bits per heavy atom. The molecule has 1 heterocycles. The van der Waals surface area contributed by atoms with Gasteiger partial charge in [0.15, 0.2) is 0 Å². The molecular weight excluding hydrogens is 352 g/mol. The van der Waals surface area contributed by atoms with Crippen molar-refractivity contribution in [3.8, 4) is 11.1 Å². The minimum Gasteiger partial charge on any atom is -0.359 e. The fraction of sp³-hybridized carbons (Fsp3) is 0.182. The lowest BCUT2D eigenvalue weighted by atomic mass is 9.94. The van der Waals surface area contributed by atoms with E-state index < -0.39 is 0 Å². The zero-order chi connectivity index (χ0) is 19.7. The van der Waals surface area contributed by atoms with Crippen molar-refractivity contribution in [3.05, 3.63) is 60.8 Å². The van der Waals surface area contributed by atoms with Gasteiger partial charge in [0.1, 0.15) is 0 Å². The van der Waals surface area contributed by atoms with Crippen molar-refractivity contribution >= 4 is 34.6 Å². The summed E-state index contributed by atoms with van der Waals surface area (Å²) in [5, 5.41) is 3.70. The molecule has 2 aromatic carbocycles. The maximum Gasteiger partial charge on any atom is 0.250 e. The van der Waals surface area contributed by atoms with Gasteiger partial charge in [-0.1, -0.05) is 24.8 Å². The topological polar surface area (TPSA) is 91.2 Å². The summed E-state index contributed by atoms with van der Waals surface area (Å²) < 4.78 is 0. The Bertz CT molecular complexity index is 1070. The van der Waals surface area contributed by atoms with Crippen molar-refractivity contribution in [3.63, 3.8) is 0 Å². The number of nitrogens with one attached hydrogen (secondary N) is 2. The predicted octanol–water partition coefficient (Wildman–Crippen LogP) is 3.54.